The molecule has 1 heterocycles. The Bertz CT molecular complexity index is 3990. The monoisotopic (exact) mass is 1300 g/mol. The number of aromatic amines is 1. The lowest BCUT2D eigenvalue weighted by Crippen LogP contribution is -2.12. The summed E-state index contributed by atoms with van der Waals surface area (Å²) >= 11 is 38.3. The molecule has 0 fully saturated rings. The minimum absolute atomic E-state index is 0.275. The van der Waals surface area contributed by atoms with Gasteiger partial charge < -0.3 is 50.6 Å². The summed E-state index contributed by atoms with van der Waals surface area (Å²) in [6, 6.07) is 53.3. The topological polar surface area (TPSA) is 192 Å². The van der Waals surface area contributed by atoms with Crippen molar-refractivity contribution in [3.63, 3.8) is 0 Å². The van der Waals surface area contributed by atoms with Crippen LogP contribution in [-0.4, -0.2) is 43.0 Å². The number of rotatable bonds is 16. The van der Waals surface area contributed by atoms with Gasteiger partial charge in [-0.3, -0.25) is 4.79 Å². The highest BCUT2D eigenvalue weighted by molar-refractivity contribution is 6.41. The summed E-state index contributed by atoms with van der Waals surface area (Å²) < 4.78 is 34.1. The number of nitrogens with two attached hydrogens (primary N) is 3. The van der Waals surface area contributed by atoms with Gasteiger partial charge in [0, 0.05) is 39.1 Å². The fourth-order valence-corrected chi connectivity index (χ4v) is 10.4. The minimum atomic E-state index is -0.379. The van der Waals surface area contributed by atoms with E-state index < -0.39 is 0 Å². The van der Waals surface area contributed by atoms with Gasteiger partial charge in [-0.05, 0) is 115 Å². The number of amides is 1. The van der Waals surface area contributed by atoms with Gasteiger partial charge in [0.25, 0.3) is 0 Å². The molecule has 88 heavy (non-hydrogen) atoms. The average molecular weight is 1300 g/mol. The molecule has 0 saturated heterocycles. The van der Waals surface area contributed by atoms with E-state index >= 15 is 0 Å². The summed E-state index contributed by atoms with van der Waals surface area (Å²) in [5.74, 6) is 7.09. The first-order chi connectivity index (χ1) is 42.1. The predicted molar refractivity (Wildman–Crippen MR) is 362 cm³/mol. The SMILES string of the molecule is COc1ccc(Oc2c(Cl)cc(N)cc2Cl)cc1C(C)C.COc1ccc(Oc2c(Cl)cc(N=C(N)c3ccccc3)cc2Cl)cc1C(C)C.COc1ccc(Oc2c(Cl)cc3[nH]c(-c4ccccc4)nc3c2Cl)cc1C(C)C.NC(=O)c1ccccc1. The molecule has 19 heteroatoms. The highest BCUT2D eigenvalue weighted by Crippen LogP contribution is 2.45. The lowest BCUT2D eigenvalue weighted by Gasteiger charge is -2.15. The van der Waals surface area contributed by atoms with Gasteiger partial charge in [0.15, 0.2) is 17.2 Å². The maximum Gasteiger partial charge on any atom is 0.248 e. The molecule has 0 aliphatic carbocycles. The van der Waals surface area contributed by atoms with Crippen molar-refractivity contribution in [2.75, 3.05) is 27.1 Å². The summed E-state index contributed by atoms with van der Waals surface area (Å²) in [7, 11) is 4.95. The molecular weight excluding hydrogens is 1240 g/mol. The van der Waals surface area contributed by atoms with E-state index in [-0.39, 0.29) is 17.7 Å². The van der Waals surface area contributed by atoms with E-state index in [2.05, 4.69) is 56.5 Å². The molecule has 0 aliphatic rings. The Kier molecular flexibility index (Phi) is 24.1. The van der Waals surface area contributed by atoms with Crippen molar-refractivity contribution in [2.24, 2.45) is 16.5 Å². The number of nitrogens with zero attached hydrogens (tertiary/aromatic N) is 2. The van der Waals surface area contributed by atoms with Crippen LogP contribution >= 0.6 is 69.6 Å². The summed E-state index contributed by atoms with van der Waals surface area (Å²) in [6.45, 7) is 12.6. The Hall–Kier alpha value is -8.27. The summed E-state index contributed by atoms with van der Waals surface area (Å²) in [6.07, 6.45) is 0. The van der Waals surface area contributed by atoms with Crippen LogP contribution in [0.3, 0.4) is 0 Å². The number of aliphatic imine (C=N–C) groups is 1. The van der Waals surface area contributed by atoms with Crippen LogP contribution in [0.4, 0.5) is 11.4 Å². The number of aromatic nitrogens is 2. The number of hydrogen-bond acceptors (Lipinski definition) is 10. The number of halogens is 6. The van der Waals surface area contributed by atoms with Crippen molar-refractivity contribution in [2.45, 2.75) is 59.3 Å². The molecule has 0 atom stereocenters. The molecule has 0 aliphatic heterocycles. The number of hydrogen-bond donors (Lipinski definition) is 4. The third-order valence-corrected chi connectivity index (χ3v) is 14.9. The van der Waals surface area contributed by atoms with Crippen molar-refractivity contribution < 1.29 is 33.2 Å². The maximum absolute atomic E-state index is 10.4. The van der Waals surface area contributed by atoms with Crippen molar-refractivity contribution in [1.82, 2.24) is 9.97 Å². The van der Waals surface area contributed by atoms with Gasteiger partial charge in [-0.25, -0.2) is 9.98 Å². The zero-order valence-corrected chi connectivity index (χ0v) is 54.3. The van der Waals surface area contributed by atoms with Crippen LogP contribution in [-0.2, 0) is 0 Å². The quantitative estimate of drug-likeness (QED) is 0.0411. The van der Waals surface area contributed by atoms with Crippen LogP contribution in [0, 0.1) is 0 Å². The van der Waals surface area contributed by atoms with Gasteiger partial charge in [0.05, 0.1) is 57.6 Å². The molecule has 0 saturated carbocycles. The number of carbonyl (C=O) groups is 1. The standard InChI is InChI=1S/C23H20Cl2N2O2.C23H22Cl2N2O2.C16H17Cl2NO2.C7H7NO/c1-13(2)16-11-15(9-10-19(16)28-3)29-22-17(24)12-18-21(20(22)25)27-23(26-18)14-7-5-4-6-8-14;1-14(2)18-13-17(9-10-21(18)28-3)29-22-19(24)11-16(12-20(22)25)27-23(26)15-7-5-4-6-8-15;1-9(2)12-8-11(4-5-15(12)20-3)21-16-13(17)6-10(19)7-14(16)18;8-7(9)6-4-2-1-3-5-6/h4-13H,1-3H3,(H,26,27);4-14H,1-3H3,(H2,26,27);4-9H,19H2,1-3H3;1-5H,(H2,8,9). The summed E-state index contributed by atoms with van der Waals surface area (Å²) in [5.41, 5.74) is 24.6. The van der Waals surface area contributed by atoms with E-state index in [1.807, 2.05) is 121 Å². The number of nitrogens with one attached hydrogen (secondary N) is 1. The largest absolute Gasteiger partial charge is 0.496 e. The molecule has 13 nitrogen and oxygen atoms in total. The highest BCUT2D eigenvalue weighted by Gasteiger charge is 2.20. The van der Waals surface area contributed by atoms with Crippen molar-refractivity contribution in [3.8, 4) is 63.1 Å². The molecule has 10 aromatic rings. The maximum atomic E-state index is 10.4. The predicted octanol–water partition coefficient (Wildman–Crippen LogP) is 20.7. The number of primary amides is 1. The van der Waals surface area contributed by atoms with Gasteiger partial charge in [0.1, 0.15) is 56.7 Å². The van der Waals surface area contributed by atoms with Gasteiger partial charge in [0.2, 0.25) is 5.91 Å². The second-order valence-electron chi connectivity index (χ2n) is 20.5. The number of methoxy groups -OCH3 is 3. The molecule has 1 aromatic heterocycles. The first-order valence-electron chi connectivity index (χ1n) is 27.6. The van der Waals surface area contributed by atoms with Gasteiger partial charge >= 0.3 is 0 Å². The second-order valence-corrected chi connectivity index (χ2v) is 22.9. The van der Waals surface area contributed by atoms with Crippen LogP contribution in [0.25, 0.3) is 22.4 Å². The Morgan fingerprint density at radius 1 is 0.477 bits per heavy atom. The fraction of sp³-hybridized carbons (Fsp3) is 0.174. The van der Waals surface area contributed by atoms with Crippen LogP contribution in [0.2, 0.25) is 30.1 Å². The molecule has 10 rings (SSSR count). The van der Waals surface area contributed by atoms with Crippen molar-refractivity contribution in [1.29, 1.82) is 0 Å². The first kappa shape index (κ1) is 67.2. The molecule has 1 amide bonds. The van der Waals surface area contributed by atoms with E-state index in [4.69, 9.17) is 115 Å². The Balaban J connectivity index is 0.000000177. The molecule has 7 N–H and O–H groups in total. The van der Waals surface area contributed by atoms with Crippen LogP contribution < -0.4 is 45.6 Å². The van der Waals surface area contributed by atoms with E-state index in [9.17, 15) is 4.79 Å². The van der Waals surface area contributed by atoms with E-state index in [0.717, 1.165) is 56.4 Å². The zero-order valence-electron chi connectivity index (χ0n) is 49.7. The van der Waals surface area contributed by atoms with E-state index in [0.29, 0.717) is 98.8 Å². The number of ether oxygens (including phenoxy) is 6. The zero-order chi connectivity index (χ0) is 63.8. The second kappa shape index (κ2) is 31.6. The number of anilines is 1. The van der Waals surface area contributed by atoms with Crippen molar-refractivity contribution >= 4 is 104 Å². The molecule has 0 radical (unpaired) electrons. The number of H-pyrrole nitrogens is 1. The Morgan fingerprint density at radius 2 is 0.852 bits per heavy atom. The third-order valence-electron chi connectivity index (χ3n) is 13.2. The number of amidine groups is 1. The lowest BCUT2D eigenvalue weighted by molar-refractivity contribution is 0.1000. The number of carbonyl (C=O) groups excluding carboxylic acids is 1. The van der Waals surface area contributed by atoms with E-state index in [1.165, 1.54) is 0 Å². The normalized spacial score (nSPS) is 11.0. The summed E-state index contributed by atoms with van der Waals surface area (Å²) in [4.78, 5) is 22.8. The van der Waals surface area contributed by atoms with Gasteiger partial charge in [-0.2, -0.15) is 0 Å². The van der Waals surface area contributed by atoms with E-state index in [1.54, 1.807) is 75.9 Å². The molecule has 456 valence electrons. The van der Waals surface area contributed by atoms with Gasteiger partial charge in [-0.1, -0.05) is 190 Å². The highest BCUT2D eigenvalue weighted by atomic mass is 35.5. The Morgan fingerprint density at radius 3 is 1.24 bits per heavy atom. The number of fused-ring (bicyclic) bond motifs is 1. The lowest BCUT2D eigenvalue weighted by atomic mass is 10.0. The number of imidazole rings is 1. The molecular formula is C69H66Cl6N6O7. The molecule has 0 unspecified atom stereocenters. The molecule has 0 spiro atoms. The first-order valence-corrected chi connectivity index (χ1v) is 29.8. The number of benzene rings is 9. The molecule has 9 aromatic carbocycles. The number of nitrogen functional groups attached to an aromatic ring is 1. The average Bonchev–Trinajstić information content (AvgIpc) is 3.70. The van der Waals surface area contributed by atoms with Crippen LogP contribution in [0.1, 0.15) is 91.9 Å². The van der Waals surface area contributed by atoms with Crippen molar-refractivity contribution in [3.05, 3.63) is 234 Å². The third kappa shape index (κ3) is 17.7. The smallest absolute Gasteiger partial charge is 0.248 e. The molecule has 0 bridgehead atoms. The van der Waals surface area contributed by atoms with Crippen LogP contribution in [0.5, 0.6) is 51.7 Å². The van der Waals surface area contributed by atoms with Gasteiger partial charge in [-0.15, -0.1) is 0 Å². The van der Waals surface area contributed by atoms with Crippen LogP contribution in [0.15, 0.2) is 181 Å². The fourth-order valence-electron chi connectivity index (χ4n) is 8.72. The Labute approximate surface area is 543 Å². The minimum Gasteiger partial charge on any atom is -0.496 e. The summed E-state index contributed by atoms with van der Waals surface area (Å²) in [5, 5.41) is 2.22.